The summed E-state index contributed by atoms with van der Waals surface area (Å²) in [7, 11) is 0. The Kier molecular flexibility index (Phi) is 8.12. The van der Waals surface area contributed by atoms with Gasteiger partial charge in [-0.2, -0.15) is 0 Å². The molecule has 4 rings (SSSR count). The normalized spacial score (nSPS) is 18.4. The molecule has 1 saturated heterocycles. The fourth-order valence-corrected chi connectivity index (χ4v) is 4.16. The minimum Gasteiger partial charge on any atom is -0.351 e. The van der Waals surface area contributed by atoms with Crippen LogP contribution in [0.4, 0.5) is 8.78 Å². The maximum absolute atomic E-state index is 14.0. The van der Waals surface area contributed by atoms with Gasteiger partial charge in [-0.3, -0.25) is 14.7 Å². The Morgan fingerprint density at radius 1 is 1.09 bits per heavy atom. The molecule has 1 aliphatic heterocycles. The molecule has 2 heterocycles. The van der Waals surface area contributed by atoms with Gasteiger partial charge >= 0.3 is 0 Å². The predicted molar refractivity (Wildman–Crippen MR) is 129 cm³/mol. The summed E-state index contributed by atoms with van der Waals surface area (Å²) < 4.78 is 27.5. The van der Waals surface area contributed by atoms with Gasteiger partial charge in [0.25, 0.3) is 0 Å². The van der Waals surface area contributed by atoms with Gasteiger partial charge in [-0.05, 0) is 41.8 Å². The van der Waals surface area contributed by atoms with E-state index in [1.807, 2.05) is 54.6 Å². The van der Waals surface area contributed by atoms with Crippen molar-refractivity contribution in [1.29, 1.82) is 0 Å². The van der Waals surface area contributed by atoms with Crippen LogP contribution in [0.2, 0.25) is 0 Å². The van der Waals surface area contributed by atoms with E-state index >= 15 is 0 Å². The minimum atomic E-state index is -0.468. The molecule has 0 saturated carbocycles. The highest BCUT2D eigenvalue weighted by Crippen LogP contribution is 2.20. The van der Waals surface area contributed by atoms with Crippen LogP contribution in [0.3, 0.4) is 0 Å². The van der Waals surface area contributed by atoms with Crippen LogP contribution in [0.1, 0.15) is 23.1 Å². The number of rotatable bonds is 9. The zero-order chi connectivity index (χ0) is 23.8. The molecule has 0 bridgehead atoms. The highest BCUT2D eigenvalue weighted by Gasteiger charge is 2.35. The summed E-state index contributed by atoms with van der Waals surface area (Å²) >= 11 is 0. The molecular weight excluding hydrogens is 434 g/mol. The fraction of sp³-hybridized carbons (Fsp3) is 0.259. The average Bonchev–Trinajstić information content (AvgIpc) is 3.27. The first-order valence-electron chi connectivity index (χ1n) is 11.4. The molecule has 1 amide bonds. The third-order valence-corrected chi connectivity index (χ3v) is 5.93. The molecule has 2 aromatic carbocycles. The van der Waals surface area contributed by atoms with Crippen LogP contribution in [0.5, 0.6) is 0 Å². The SMILES string of the molecule is O=C(NCc1cccnc1)[C@@H]1C[C@H](NCc2cc(F)ccc2F)CN1C/C=C/c1ccccc1. The van der Waals surface area contributed by atoms with Gasteiger partial charge in [-0.15, -0.1) is 0 Å². The van der Waals surface area contributed by atoms with Crippen molar-refractivity contribution in [1.82, 2.24) is 20.5 Å². The molecule has 0 radical (unpaired) electrons. The Hall–Kier alpha value is -3.42. The molecule has 1 fully saturated rings. The quantitative estimate of drug-likeness (QED) is 0.506. The lowest BCUT2D eigenvalue weighted by atomic mass is 10.1. The van der Waals surface area contributed by atoms with E-state index in [0.29, 0.717) is 26.1 Å². The van der Waals surface area contributed by atoms with Gasteiger partial charge in [0.15, 0.2) is 0 Å². The van der Waals surface area contributed by atoms with E-state index < -0.39 is 11.6 Å². The molecule has 7 heteroatoms. The van der Waals surface area contributed by atoms with Crippen molar-refractivity contribution < 1.29 is 13.6 Å². The first-order valence-corrected chi connectivity index (χ1v) is 11.4. The second-order valence-electron chi connectivity index (χ2n) is 8.41. The van der Waals surface area contributed by atoms with Crippen LogP contribution in [-0.4, -0.2) is 41.0 Å². The van der Waals surface area contributed by atoms with E-state index in [1.165, 1.54) is 6.07 Å². The van der Waals surface area contributed by atoms with E-state index in [4.69, 9.17) is 0 Å². The summed E-state index contributed by atoms with van der Waals surface area (Å²) in [6.07, 6.45) is 8.09. The molecular formula is C27H28F2N4O. The highest BCUT2D eigenvalue weighted by molar-refractivity contribution is 5.82. The van der Waals surface area contributed by atoms with Crippen LogP contribution in [0.15, 0.2) is 79.1 Å². The molecule has 34 heavy (non-hydrogen) atoms. The Bertz CT molecular complexity index is 1110. The fourth-order valence-electron chi connectivity index (χ4n) is 4.16. The van der Waals surface area contributed by atoms with Gasteiger partial charge in [-0.25, -0.2) is 8.78 Å². The minimum absolute atomic E-state index is 0.0260. The van der Waals surface area contributed by atoms with E-state index in [9.17, 15) is 13.6 Å². The first-order chi connectivity index (χ1) is 16.6. The summed E-state index contributed by atoms with van der Waals surface area (Å²) in [4.78, 5) is 19.2. The van der Waals surface area contributed by atoms with Gasteiger partial charge in [0.05, 0.1) is 6.04 Å². The topological polar surface area (TPSA) is 57.3 Å². The summed E-state index contributed by atoms with van der Waals surface area (Å²) in [6, 6.07) is 16.8. The van der Waals surface area contributed by atoms with E-state index in [-0.39, 0.29) is 30.1 Å². The van der Waals surface area contributed by atoms with E-state index in [0.717, 1.165) is 23.3 Å². The van der Waals surface area contributed by atoms with Crippen LogP contribution < -0.4 is 10.6 Å². The summed E-state index contributed by atoms with van der Waals surface area (Å²) in [5, 5.41) is 6.31. The molecule has 3 aromatic rings. The standard InChI is InChI=1S/C27H28F2N4O/c28-23-10-11-25(29)22(14-23)18-31-24-15-26(27(34)32-17-21-8-4-12-30-16-21)33(19-24)13-5-9-20-6-2-1-3-7-20/h1-12,14,16,24,26,31H,13,15,17-19H2,(H,32,34)/b9-5+/t24-,26-/m0/s1. The summed E-state index contributed by atoms with van der Waals surface area (Å²) in [6.45, 7) is 1.84. The van der Waals surface area contributed by atoms with Crippen molar-refractivity contribution >= 4 is 12.0 Å². The molecule has 5 nitrogen and oxygen atoms in total. The smallest absolute Gasteiger partial charge is 0.237 e. The number of nitrogens with zero attached hydrogens (tertiary/aromatic N) is 2. The summed E-state index contributed by atoms with van der Waals surface area (Å²) in [5.41, 5.74) is 2.30. The van der Waals surface area contributed by atoms with Gasteiger partial charge in [0.2, 0.25) is 5.91 Å². The van der Waals surface area contributed by atoms with Gasteiger partial charge in [-0.1, -0.05) is 48.6 Å². The predicted octanol–water partition coefficient (Wildman–Crippen LogP) is 3.92. The van der Waals surface area contributed by atoms with Gasteiger partial charge in [0.1, 0.15) is 11.6 Å². The monoisotopic (exact) mass is 462 g/mol. The lowest BCUT2D eigenvalue weighted by Crippen LogP contribution is -2.43. The number of hydrogen-bond acceptors (Lipinski definition) is 4. The van der Waals surface area contributed by atoms with Crippen LogP contribution in [-0.2, 0) is 17.9 Å². The largest absolute Gasteiger partial charge is 0.351 e. The number of halogens is 2. The van der Waals surface area contributed by atoms with Crippen molar-refractivity contribution in [2.24, 2.45) is 0 Å². The zero-order valence-corrected chi connectivity index (χ0v) is 18.8. The van der Waals surface area contributed by atoms with Crippen LogP contribution in [0, 0.1) is 11.6 Å². The Morgan fingerprint density at radius 2 is 1.94 bits per heavy atom. The number of nitrogens with one attached hydrogen (secondary N) is 2. The average molecular weight is 463 g/mol. The molecule has 0 aliphatic carbocycles. The maximum Gasteiger partial charge on any atom is 0.237 e. The molecule has 1 aromatic heterocycles. The van der Waals surface area contributed by atoms with Crippen molar-refractivity contribution in [3.63, 3.8) is 0 Å². The van der Waals surface area contributed by atoms with Gasteiger partial charge in [0, 0.05) is 50.2 Å². The number of hydrogen-bond donors (Lipinski definition) is 2. The van der Waals surface area contributed by atoms with E-state index in [2.05, 4.69) is 20.5 Å². The number of benzene rings is 2. The molecule has 2 atom stereocenters. The number of aromatic nitrogens is 1. The number of pyridine rings is 1. The highest BCUT2D eigenvalue weighted by atomic mass is 19.1. The van der Waals surface area contributed by atoms with Gasteiger partial charge < -0.3 is 10.6 Å². The van der Waals surface area contributed by atoms with E-state index in [1.54, 1.807) is 12.4 Å². The third kappa shape index (κ3) is 6.56. The third-order valence-electron chi connectivity index (χ3n) is 5.93. The molecule has 176 valence electrons. The number of likely N-dealkylation sites (tertiary alicyclic amines) is 1. The zero-order valence-electron chi connectivity index (χ0n) is 18.8. The number of carbonyl (C=O) groups excluding carboxylic acids is 1. The Morgan fingerprint density at radius 3 is 2.74 bits per heavy atom. The Balaban J connectivity index is 1.40. The summed E-state index contributed by atoms with van der Waals surface area (Å²) in [5.74, 6) is -0.969. The van der Waals surface area contributed by atoms with Crippen molar-refractivity contribution in [2.45, 2.75) is 31.6 Å². The van der Waals surface area contributed by atoms with Crippen LogP contribution in [0.25, 0.3) is 6.08 Å². The molecule has 0 unspecified atom stereocenters. The molecule has 1 aliphatic rings. The Labute approximate surface area is 198 Å². The molecule has 2 N–H and O–H groups in total. The van der Waals surface area contributed by atoms with Crippen molar-refractivity contribution in [2.75, 3.05) is 13.1 Å². The second kappa shape index (κ2) is 11.6. The lowest BCUT2D eigenvalue weighted by molar-refractivity contribution is -0.125. The lowest BCUT2D eigenvalue weighted by Gasteiger charge is -2.22. The maximum atomic E-state index is 14.0. The van der Waals surface area contributed by atoms with Crippen molar-refractivity contribution in [3.8, 4) is 0 Å². The van der Waals surface area contributed by atoms with Crippen LogP contribution >= 0.6 is 0 Å². The first kappa shape index (κ1) is 23.7. The molecule has 0 spiro atoms. The van der Waals surface area contributed by atoms with Crippen molar-refractivity contribution in [3.05, 3.63) is 107 Å². The number of carbonyl (C=O) groups is 1. The number of amides is 1. The second-order valence-corrected chi connectivity index (χ2v) is 8.41.